The van der Waals surface area contributed by atoms with Crippen molar-refractivity contribution in [3.05, 3.63) is 0 Å². The minimum Gasteiger partial charge on any atom is -0.357 e. The highest BCUT2D eigenvalue weighted by molar-refractivity contribution is 14.2. The van der Waals surface area contributed by atoms with Gasteiger partial charge in [0.15, 0.2) is 0 Å². The van der Waals surface area contributed by atoms with E-state index in [1.165, 1.54) is 45.2 Å². The predicted octanol–water partition coefficient (Wildman–Crippen LogP) is 1.43. The molecule has 0 unspecified atom stereocenters. The van der Waals surface area contributed by atoms with Gasteiger partial charge in [-0.05, 0) is 0 Å². The Morgan fingerprint density at radius 2 is 1.40 bits per heavy atom. The molecule has 0 saturated carbocycles. The van der Waals surface area contributed by atoms with Crippen LogP contribution in [0.1, 0.15) is 0 Å². The van der Waals surface area contributed by atoms with Crippen molar-refractivity contribution in [2.75, 3.05) is 0 Å². The van der Waals surface area contributed by atoms with E-state index in [0.717, 1.165) is 0 Å². The Bertz CT molecular complexity index is 121. The average Bonchev–Trinajstić information content (AvgIpc) is 1.62. The fourth-order valence-corrected chi connectivity index (χ4v) is 0.830. The van der Waals surface area contributed by atoms with E-state index in [1.54, 1.807) is 0 Å². The molecular weight excluding hydrogens is 379 g/mol. The molecule has 0 aromatic carbocycles. The van der Waals surface area contributed by atoms with Gasteiger partial charge in [-0.25, -0.2) is 0 Å². The molecule has 10 heavy (non-hydrogen) atoms. The van der Waals surface area contributed by atoms with Crippen LogP contribution in [0.4, 0.5) is 13.2 Å². The van der Waals surface area contributed by atoms with Crippen LogP contribution >= 0.6 is 45.2 Å². The van der Waals surface area contributed by atoms with Crippen LogP contribution in [0, 0.1) is 0 Å². The van der Waals surface area contributed by atoms with E-state index in [4.69, 9.17) is 10.2 Å². The van der Waals surface area contributed by atoms with Crippen LogP contribution in [-0.4, -0.2) is 24.1 Å². The average molecular weight is 382 g/mol. The maximum Gasteiger partial charge on any atom is 0.444 e. The van der Waals surface area contributed by atoms with Crippen LogP contribution in [0.3, 0.4) is 0 Å². The summed E-state index contributed by atoms with van der Waals surface area (Å²) in [5.41, 5.74) is 0. The van der Waals surface area contributed by atoms with E-state index in [-0.39, 0.29) is 0 Å². The molecule has 0 fully saturated rings. The molecule has 0 rings (SSSR count). The SMILES string of the molecule is OC(O)(C(I)I)C(F)(F)F. The highest BCUT2D eigenvalue weighted by Crippen LogP contribution is 2.37. The normalized spacial score (nSPS) is 14.4. The molecule has 0 aliphatic rings. The maximum atomic E-state index is 11.6. The van der Waals surface area contributed by atoms with E-state index in [2.05, 4.69) is 0 Å². The van der Waals surface area contributed by atoms with Gasteiger partial charge < -0.3 is 10.2 Å². The van der Waals surface area contributed by atoms with Crippen molar-refractivity contribution in [3.8, 4) is 0 Å². The smallest absolute Gasteiger partial charge is 0.357 e. The van der Waals surface area contributed by atoms with Crippen LogP contribution in [0.2, 0.25) is 0 Å². The highest BCUT2D eigenvalue weighted by Gasteiger charge is 2.56. The van der Waals surface area contributed by atoms with Crippen molar-refractivity contribution >= 4 is 45.2 Å². The number of alkyl halides is 5. The van der Waals surface area contributed by atoms with Gasteiger partial charge in [0.25, 0.3) is 5.79 Å². The number of hydrogen-bond acceptors (Lipinski definition) is 2. The molecule has 0 aromatic rings. The summed E-state index contributed by atoms with van der Waals surface area (Å²) in [5, 5.41) is 16.7. The molecule has 0 amide bonds. The molecule has 62 valence electrons. The largest absolute Gasteiger partial charge is 0.444 e. The Balaban J connectivity index is 4.40. The number of hydrogen-bond donors (Lipinski definition) is 2. The number of rotatable bonds is 1. The van der Waals surface area contributed by atoms with Gasteiger partial charge in [-0.1, -0.05) is 45.2 Å². The Morgan fingerprint density at radius 3 is 1.40 bits per heavy atom. The van der Waals surface area contributed by atoms with Crippen molar-refractivity contribution in [3.63, 3.8) is 0 Å². The fraction of sp³-hybridized carbons (Fsp3) is 1.00. The highest BCUT2D eigenvalue weighted by atomic mass is 127. The Morgan fingerprint density at radius 1 is 1.10 bits per heavy atom. The molecule has 0 radical (unpaired) electrons. The van der Waals surface area contributed by atoms with E-state index in [1.807, 2.05) is 0 Å². The lowest BCUT2D eigenvalue weighted by atomic mass is 10.3. The molecule has 0 heterocycles. The first-order chi connectivity index (χ1) is 4.19. The second kappa shape index (κ2) is 3.27. The third kappa shape index (κ3) is 2.34. The fourth-order valence-electron chi connectivity index (χ4n) is 0.124. The van der Waals surface area contributed by atoms with Gasteiger partial charge in [-0.15, -0.1) is 0 Å². The molecule has 2 nitrogen and oxygen atoms in total. The van der Waals surface area contributed by atoms with Crippen LogP contribution in [0.15, 0.2) is 0 Å². The topological polar surface area (TPSA) is 40.5 Å². The lowest BCUT2D eigenvalue weighted by Crippen LogP contribution is -2.49. The Kier molecular flexibility index (Phi) is 3.65. The summed E-state index contributed by atoms with van der Waals surface area (Å²) in [5.74, 6) is -3.59. The zero-order chi connectivity index (χ0) is 8.58. The lowest BCUT2D eigenvalue weighted by Gasteiger charge is -2.25. The molecule has 0 saturated heterocycles. The first kappa shape index (κ1) is 11.2. The molecule has 0 aliphatic heterocycles. The molecule has 0 aliphatic carbocycles. The van der Waals surface area contributed by atoms with Gasteiger partial charge in [0, 0.05) is 0 Å². The summed E-state index contributed by atoms with van der Waals surface area (Å²) in [6.07, 6.45) is -4.99. The molecule has 0 bridgehead atoms. The van der Waals surface area contributed by atoms with Gasteiger partial charge in [0.2, 0.25) is 0 Å². The minimum atomic E-state index is -4.99. The van der Waals surface area contributed by atoms with E-state index >= 15 is 0 Å². The molecular formula is C3H3F3I2O2. The lowest BCUT2D eigenvalue weighted by molar-refractivity contribution is -0.337. The summed E-state index contributed by atoms with van der Waals surface area (Å²) >= 11 is 2.55. The van der Waals surface area contributed by atoms with E-state index in [9.17, 15) is 13.2 Å². The van der Waals surface area contributed by atoms with Crippen molar-refractivity contribution in [1.82, 2.24) is 0 Å². The van der Waals surface area contributed by atoms with Crippen LogP contribution in [-0.2, 0) is 0 Å². The second-order valence-electron chi connectivity index (χ2n) is 1.52. The van der Waals surface area contributed by atoms with Crippen LogP contribution in [0.25, 0.3) is 0 Å². The van der Waals surface area contributed by atoms with E-state index in [0.29, 0.717) is 0 Å². The predicted molar refractivity (Wildman–Crippen MR) is 45.1 cm³/mol. The maximum absolute atomic E-state index is 11.6. The standard InChI is InChI=1S/C3H3F3I2O2/c4-3(5,6)2(9,10)1(7)8/h1,9-10H. The zero-order valence-corrected chi connectivity index (χ0v) is 8.68. The molecule has 0 atom stereocenters. The Hall–Kier alpha value is 1.17. The van der Waals surface area contributed by atoms with Gasteiger partial charge >= 0.3 is 6.18 Å². The summed E-state index contributed by atoms with van der Waals surface area (Å²) < 4.78 is 33.4. The third-order valence-corrected chi connectivity index (χ3v) is 2.46. The van der Waals surface area contributed by atoms with Crippen molar-refractivity contribution < 1.29 is 23.4 Å². The van der Waals surface area contributed by atoms with Crippen LogP contribution < -0.4 is 0 Å². The number of aliphatic hydroxyl groups is 2. The summed E-state index contributed by atoms with van der Waals surface area (Å²) in [4.78, 5) is 0. The molecule has 2 N–H and O–H groups in total. The third-order valence-electron chi connectivity index (χ3n) is 0.721. The Labute approximate surface area is 82.1 Å². The van der Waals surface area contributed by atoms with Crippen molar-refractivity contribution in [2.45, 2.75) is 13.9 Å². The van der Waals surface area contributed by atoms with Crippen molar-refractivity contribution in [1.29, 1.82) is 0 Å². The first-order valence-electron chi connectivity index (χ1n) is 1.99. The minimum absolute atomic E-state index is 1.28. The van der Waals surface area contributed by atoms with Gasteiger partial charge in [-0.3, -0.25) is 0 Å². The van der Waals surface area contributed by atoms with E-state index < -0.39 is 13.9 Å². The summed E-state index contributed by atoms with van der Waals surface area (Å²) in [6.45, 7) is 0. The summed E-state index contributed by atoms with van der Waals surface area (Å²) in [6, 6.07) is 0. The summed E-state index contributed by atoms with van der Waals surface area (Å²) in [7, 11) is 0. The molecule has 0 spiro atoms. The quantitative estimate of drug-likeness (QED) is 0.410. The van der Waals surface area contributed by atoms with Gasteiger partial charge in [0.1, 0.15) is 1.93 Å². The number of halogens is 5. The van der Waals surface area contributed by atoms with Crippen molar-refractivity contribution in [2.24, 2.45) is 0 Å². The van der Waals surface area contributed by atoms with Crippen LogP contribution in [0.5, 0.6) is 0 Å². The monoisotopic (exact) mass is 382 g/mol. The molecule has 7 heteroatoms. The first-order valence-corrected chi connectivity index (χ1v) is 4.48. The second-order valence-corrected chi connectivity index (χ2v) is 6.40. The zero-order valence-electron chi connectivity index (χ0n) is 4.36. The van der Waals surface area contributed by atoms with Gasteiger partial charge in [0.05, 0.1) is 0 Å². The molecule has 0 aromatic heterocycles. The van der Waals surface area contributed by atoms with Gasteiger partial charge in [-0.2, -0.15) is 13.2 Å².